The predicted molar refractivity (Wildman–Crippen MR) is 113 cm³/mol. The Morgan fingerprint density at radius 2 is 1.93 bits per heavy atom. The number of benzene rings is 1. The zero-order valence-corrected chi connectivity index (χ0v) is 17.9. The number of oxazole rings is 1. The highest BCUT2D eigenvalue weighted by Crippen LogP contribution is 2.25. The lowest BCUT2D eigenvalue weighted by atomic mass is 10.1. The smallest absolute Gasteiger partial charge is 0.228 e. The minimum atomic E-state index is -0.207. The Labute approximate surface area is 177 Å². The van der Waals surface area contributed by atoms with Gasteiger partial charge in [0.25, 0.3) is 0 Å². The van der Waals surface area contributed by atoms with Gasteiger partial charge in [0.2, 0.25) is 17.7 Å². The zero-order valence-electron chi connectivity index (χ0n) is 16.3. The van der Waals surface area contributed by atoms with E-state index < -0.39 is 0 Å². The summed E-state index contributed by atoms with van der Waals surface area (Å²) < 4.78 is 5.78. The van der Waals surface area contributed by atoms with Crippen LogP contribution in [0.3, 0.4) is 0 Å². The third-order valence-electron chi connectivity index (χ3n) is 4.03. The second-order valence-corrected chi connectivity index (χ2v) is 8.07. The predicted octanol–water partition coefficient (Wildman–Crippen LogP) is 4.21. The van der Waals surface area contributed by atoms with Crippen LogP contribution in [0, 0.1) is 12.8 Å². The monoisotopic (exact) mass is 432 g/mol. The molecule has 0 atom stereocenters. The molecule has 152 valence electrons. The first-order chi connectivity index (χ1) is 13.8. The van der Waals surface area contributed by atoms with E-state index in [4.69, 9.17) is 16.0 Å². The van der Waals surface area contributed by atoms with Gasteiger partial charge in [-0.15, -0.1) is 11.3 Å². The fourth-order valence-corrected chi connectivity index (χ4v) is 3.33. The molecule has 29 heavy (non-hydrogen) atoms. The molecule has 0 unspecified atom stereocenters. The number of hydrogen-bond donors (Lipinski definition) is 2. The van der Waals surface area contributed by atoms with Gasteiger partial charge >= 0.3 is 0 Å². The number of nitrogens with one attached hydrogen (secondary N) is 2. The molecule has 0 spiro atoms. The Kier molecular flexibility index (Phi) is 6.66. The van der Waals surface area contributed by atoms with Crippen LogP contribution in [-0.2, 0) is 22.6 Å². The van der Waals surface area contributed by atoms with E-state index in [0.717, 1.165) is 11.3 Å². The van der Waals surface area contributed by atoms with Crippen molar-refractivity contribution in [2.75, 3.05) is 5.32 Å². The van der Waals surface area contributed by atoms with Crippen molar-refractivity contribution in [3.63, 3.8) is 0 Å². The summed E-state index contributed by atoms with van der Waals surface area (Å²) in [5.74, 6) is 0.625. The van der Waals surface area contributed by atoms with Crippen molar-refractivity contribution < 1.29 is 14.0 Å². The highest BCUT2D eigenvalue weighted by atomic mass is 35.5. The van der Waals surface area contributed by atoms with E-state index in [2.05, 4.69) is 20.6 Å². The summed E-state index contributed by atoms with van der Waals surface area (Å²) in [6.45, 7) is 5.63. The van der Waals surface area contributed by atoms with Gasteiger partial charge in [-0.05, 0) is 31.2 Å². The lowest BCUT2D eigenvalue weighted by Crippen LogP contribution is -2.25. The number of thiazole rings is 1. The molecule has 2 amide bonds. The van der Waals surface area contributed by atoms with Crippen molar-refractivity contribution >= 4 is 39.9 Å². The maximum absolute atomic E-state index is 12.2. The Hall–Kier alpha value is -2.71. The third-order valence-corrected chi connectivity index (χ3v) is 5.09. The van der Waals surface area contributed by atoms with E-state index >= 15 is 0 Å². The lowest BCUT2D eigenvalue weighted by Gasteiger charge is -2.03. The van der Waals surface area contributed by atoms with Crippen LogP contribution in [0.25, 0.3) is 11.3 Å². The highest BCUT2D eigenvalue weighted by Gasteiger charge is 2.14. The van der Waals surface area contributed by atoms with Crippen molar-refractivity contribution in [2.24, 2.45) is 5.92 Å². The van der Waals surface area contributed by atoms with Gasteiger partial charge in [-0.3, -0.25) is 9.59 Å². The Morgan fingerprint density at radius 1 is 1.21 bits per heavy atom. The first-order valence-electron chi connectivity index (χ1n) is 9.06. The van der Waals surface area contributed by atoms with Crippen molar-refractivity contribution in [2.45, 2.75) is 33.7 Å². The number of carbonyl (C=O) groups is 2. The number of aryl methyl sites for hydroxylation is 1. The van der Waals surface area contributed by atoms with Crippen LogP contribution in [-0.4, -0.2) is 21.8 Å². The zero-order chi connectivity index (χ0) is 21.0. The SMILES string of the molecule is Cc1nc(CNC(=O)Cc2csc(NC(=O)C(C)C)n2)oc1-c1ccc(Cl)cc1. The number of hydrogen-bond acceptors (Lipinski definition) is 6. The molecule has 1 aromatic carbocycles. The number of carbonyl (C=O) groups excluding carboxylic acids is 2. The Bertz CT molecular complexity index is 1010. The molecule has 0 bridgehead atoms. The molecular weight excluding hydrogens is 412 g/mol. The van der Waals surface area contributed by atoms with Gasteiger partial charge in [0.1, 0.15) is 0 Å². The van der Waals surface area contributed by atoms with E-state index in [0.29, 0.717) is 27.5 Å². The van der Waals surface area contributed by atoms with Crippen molar-refractivity contribution in [3.8, 4) is 11.3 Å². The topological polar surface area (TPSA) is 97.1 Å². The molecule has 0 aliphatic carbocycles. The van der Waals surface area contributed by atoms with Crippen LogP contribution in [0.5, 0.6) is 0 Å². The van der Waals surface area contributed by atoms with Crippen LogP contribution < -0.4 is 10.6 Å². The largest absolute Gasteiger partial charge is 0.438 e. The van der Waals surface area contributed by atoms with Crippen LogP contribution in [0.2, 0.25) is 5.02 Å². The average molecular weight is 433 g/mol. The fraction of sp³-hybridized carbons (Fsp3) is 0.300. The molecule has 2 aromatic heterocycles. The van der Waals surface area contributed by atoms with E-state index in [-0.39, 0.29) is 30.7 Å². The second kappa shape index (κ2) is 9.19. The fourth-order valence-electron chi connectivity index (χ4n) is 2.49. The van der Waals surface area contributed by atoms with Crippen LogP contribution in [0.4, 0.5) is 5.13 Å². The van der Waals surface area contributed by atoms with Gasteiger partial charge in [0.05, 0.1) is 24.4 Å². The van der Waals surface area contributed by atoms with Crippen LogP contribution >= 0.6 is 22.9 Å². The maximum atomic E-state index is 12.2. The lowest BCUT2D eigenvalue weighted by molar-refractivity contribution is -0.121. The van der Waals surface area contributed by atoms with Gasteiger partial charge < -0.3 is 15.1 Å². The molecule has 2 heterocycles. The first-order valence-corrected chi connectivity index (χ1v) is 10.3. The summed E-state index contributed by atoms with van der Waals surface area (Å²) in [6.07, 6.45) is 0.109. The van der Waals surface area contributed by atoms with E-state index in [9.17, 15) is 9.59 Å². The average Bonchev–Trinajstić information content (AvgIpc) is 3.26. The minimum absolute atomic E-state index is 0.105. The number of amides is 2. The second-order valence-electron chi connectivity index (χ2n) is 6.77. The molecule has 9 heteroatoms. The maximum Gasteiger partial charge on any atom is 0.228 e. The summed E-state index contributed by atoms with van der Waals surface area (Å²) in [5.41, 5.74) is 2.20. The summed E-state index contributed by atoms with van der Waals surface area (Å²) >= 11 is 7.21. The van der Waals surface area contributed by atoms with Gasteiger partial charge in [0, 0.05) is 21.9 Å². The van der Waals surface area contributed by atoms with E-state index in [1.165, 1.54) is 11.3 Å². The van der Waals surface area contributed by atoms with Crippen molar-refractivity contribution in [1.82, 2.24) is 15.3 Å². The molecule has 0 radical (unpaired) electrons. The highest BCUT2D eigenvalue weighted by molar-refractivity contribution is 7.13. The van der Waals surface area contributed by atoms with Crippen molar-refractivity contribution in [3.05, 3.63) is 51.9 Å². The summed E-state index contributed by atoms with van der Waals surface area (Å²) in [5, 5.41) is 8.39. The van der Waals surface area contributed by atoms with Gasteiger partial charge in [0.15, 0.2) is 10.9 Å². The molecule has 0 saturated heterocycles. The molecule has 3 rings (SSSR count). The quantitative estimate of drug-likeness (QED) is 0.582. The van der Waals surface area contributed by atoms with E-state index in [1.807, 2.05) is 19.1 Å². The summed E-state index contributed by atoms with van der Waals surface area (Å²) in [4.78, 5) is 32.5. The number of nitrogens with zero attached hydrogens (tertiary/aromatic N) is 2. The molecule has 0 saturated carbocycles. The third kappa shape index (κ3) is 5.65. The molecule has 0 fully saturated rings. The van der Waals surface area contributed by atoms with Crippen LogP contribution in [0.15, 0.2) is 34.1 Å². The van der Waals surface area contributed by atoms with Gasteiger partial charge in [-0.1, -0.05) is 25.4 Å². The van der Waals surface area contributed by atoms with Crippen LogP contribution in [0.1, 0.15) is 31.1 Å². The number of anilines is 1. The Morgan fingerprint density at radius 3 is 2.62 bits per heavy atom. The first kappa shape index (κ1) is 21.0. The number of rotatable bonds is 7. The number of aromatic nitrogens is 2. The molecule has 3 aromatic rings. The van der Waals surface area contributed by atoms with Crippen molar-refractivity contribution in [1.29, 1.82) is 0 Å². The number of halogens is 1. The van der Waals surface area contributed by atoms with Gasteiger partial charge in [-0.25, -0.2) is 9.97 Å². The molecular formula is C20H21ClN4O3S. The molecule has 0 aliphatic heterocycles. The standard InChI is InChI=1S/C20H21ClN4O3S/c1-11(2)19(27)25-20-24-15(10-29-20)8-16(26)22-9-17-23-12(3)18(28-17)13-4-6-14(21)7-5-13/h4-7,10-11H,8-9H2,1-3H3,(H,22,26)(H,24,25,27). The molecule has 2 N–H and O–H groups in total. The molecule has 7 nitrogen and oxygen atoms in total. The van der Waals surface area contributed by atoms with Gasteiger partial charge in [-0.2, -0.15) is 0 Å². The normalized spacial score (nSPS) is 10.9. The summed E-state index contributed by atoms with van der Waals surface area (Å²) in [7, 11) is 0. The summed E-state index contributed by atoms with van der Waals surface area (Å²) in [6, 6.07) is 7.28. The Balaban J connectivity index is 1.55. The molecule has 0 aliphatic rings. The van der Waals surface area contributed by atoms with E-state index in [1.54, 1.807) is 31.4 Å². The minimum Gasteiger partial charge on any atom is -0.438 e.